The molecule has 0 radical (unpaired) electrons. The average Bonchev–Trinajstić information content (AvgIpc) is 2.27. The number of fused-ring (bicyclic) bond motifs is 1. The van der Waals surface area contributed by atoms with Crippen molar-refractivity contribution in [2.45, 2.75) is 7.43 Å². The molecule has 6 heteroatoms. The van der Waals surface area contributed by atoms with Crippen molar-refractivity contribution in [3.8, 4) is 0 Å². The first kappa shape index (κ1) is 20.0. The molecule has 0 atom stereocenters. The molecule has 0 spiro atoms. The molecule has 0 aliphatic rings. The Morgan fingerprint density at radius 3 is 2.21 bits per heavy atom. The molecule has 0 saturated carbocycles. The van der Waals surface area contributed by atoms with E-state index < -0.39 is 0 Å². The van der Waals surface area contributed by atoms with E-state index in [2.05, 4.69) is 28.5 Å². The van der Waals surface area contributed by atoms with Crippen LogP contribution in [0.5, 0.6) is 0 Å². The second kappa shape index (κ2) is 8.84. The van der Waals surface area contributed by atoms with E-state index in [-0.39, 0.29) is 44.6 Å². The molecule has 0 saturated heterocycles. The van der Waals surface area contributed by atoms with Crippen LogP contribution in [0.2, 0.25) is 0 Å². The second-order valence-corrected chi connectivity index (χ2v) is 4.14. The Kier molecular flexibility index (Phi) is 12.7. The number of thiazole rings is 1. The summed E-state index contributed by atoms with van der Waals surface area (Å²) in [4.78, 5) is 4.30. The Labute approximate surface area is 116 Å². The van der Waals surface area contributed by atoms with E-state index in [1.165, 1.54) is 4.70 Å². The van der Waals surface area contributed by atoms with Crippen LogP contribution in [-0.2, 0) is 17.4 Å². The van der Waals surface area contributed by atoms with Crippen molar-refractivity contribution in [3.05, 3.63) is 24.3 Å². The number of halogens is 3. The summed E-state index contributed by atoms with van der Waals surface area (Å²) in [6.07, 6.45) is 0. The van der Waals surface area contributed by atoms with E-state index in [4.69, 9.17) is 0 Å². The van der Waals surface area contributed by atoms with E-state index in [0.717, 1.165) is 9.24 Å². The summed E-state index contributed by atoms with van der Waals surface area (Å²) < 4.78 is 2.34. The monoisotopic (exact) mass is 306 g/mol. The van der Waals surface area contributed by atoms with Crippen molar-refractivity contribution in [2.75, 3.05) is 0 Å². The van der Waals surface area contributed by atoms with Gasteiger partial charge < -0.3 is 37.2 Å². The summed E-state index contributed by atoms with van der Waals surface area (Å²) in [7, 11) is 0. The van der Waals surface area contributed by atoms with Gasteiger partial charge in [-0.3, -0.25) is 0 Å². The molecule has 0 amide bonds. The van der Waals surface area contributed by atoms with Crippen molar-refractivity contribution in [3.63, 3.8) is 0 Å². The maximum absolute atomic E-state index is 4.30. The Balaban J connectivity index is -0.000000302. The second-order valence-electron chi connectivity index (χ2n) is 1.96. The molecule has 0 bridgehead atoms. The number of hydrogen-bond donors (Lipinski definition) is 0. The van der Waals surface area contributed by atoms with Gasteiger partial charge in [0, 0.05) is 0 Å². The third-order valence-electron chi connectivity index (χ3n) is 1.28. The van der Waals surface area contributed by atoms with Crippen LogP contribution in [0.3, 0.4) is 0 Å². The number of aromatic nitrogens is 1. The van der Waals surface area contributed by atoms with Crippen molar-refractivity contribution >= 4 is 25.3 Å². The van der Waals surface area contributed by atoms with E-state index >= 15 is 0 Å². The van der Waals surface area contributed by atoms with Gasteiger partial charge in [-0.05, 0) is 0 Å². The summed E-state index contributed by atoms with van der Waals surface area (Å²) >= 11 is 4.18. The third-order valence-corrected chi connectivity index (χ3v) is 2.71. The van der Waals surface area contributed by atoms with Gasteiger partial charge >= 0.3 is 71.9 Å². The summed E-state index contributed by atoms with van der Waals surface area (Å²) in [6.45, 7) is 0. The Bertz CT molecular complexity index is 333. The van der Waals surface area contributed by atoms with Crippen LogP contribution in [0.1, 0.15) is 7.43 Å². The zero-order valence-electron chi connectivity index (χ0n) is 6.25. The molecule has 2 aromatic rings. The van der Waals surface area contributed by atoms with Crippen molar-refractivity contribution in [1.82, 2.24) is 4.98 Å². The number of benzene rings is 1. The topological polar surface area (TPSA) is 12.9 Å². The average molecular weight is 308 g/mol. The van der Waals surface area contributed by atoms with E-state index in [1.807, 2.05) is 18.2 Å². The predicted molar refractivity (Wildman–Crippen MR) is 46.0 cm³/mol. The molecule has 0 aliphatic heterocycles. The SMILES string of the molecule is C.[Cl-].[Cl-].[Cl-].[V+3][c]1nc2ccccc2s1. The number of rotatable bonds is 0. The fourth-order valence-electron chi connectivity index (χ4n) is 0.860. The van der Waals surface area contributed by atoms with Crippen LogP contribution in [0.15, 0.2) is 24.3 Å². The molecular weight excluding hydrogens is 299 g/mol. The number of nitrogens with zero attached hydrogens (tertiary/aromatic N) is 1. The van der Waals surface area contributed by atoms with Crippen LogP contribution < -0.4 is 40.9 Å². The normalized spacial score (nSPS) is 7.57. The molecule has 0 N–H and O–H groups in total. The minimum atomic E-state index is 0. The van der Waals surface area contributed by atoms with Gasteiger partial charge in [0.25, 0.3) is 0 Å². The van der Waals surface area contributed by atoms with Gasteiger partial charge in [0.1, 0.15) is 0 Å². The Morgan fingerprint density at radius 1 is 1.07 bits per heavy atom. The first-order valence-corrected chi connectivity index (χ1v) is 4.42. The zero-order valence-corrected chi connectivity index (χ0v) is 10.7. The molecule has 1 aromatic heterocycles. The zero-order chi connectivity index (χ0) is 6.97. The summed E-state index contributed by atoms with van der Waals surface area (Å²) in [6, 6.07) is 8.16. The fourth-order valence-corrected chi connectivity index (χ4v) is 2.19. The molecule has 1 aromatic carbocycles. The summed E-state index contributed by atoms with van der Waals surface area (Å²) in [5.41, 5.74) is 1.10. The minimum absolute atomic E-state index is 0. The van der Waals surface area contributed by atoms with Crippen molar-refractivity contribution < 1.29 is 54.6 Å². The van der Waals surface area contributed by atoms with Crippen LogP contribution in [0, 0.1) is 0 Å². The molecule has 0 unspecified atom stereocenters. The van der Waals surface area contributed by atoms with E-state index in [0.29, 0.717) is 0 Å². The molecule has 77 valence electrons. The molecule has 0 fully saturated rings. The molecule has 2 rings (SSSR count). The number of hydrogen-bond acceptors (Lipinski definition) is 2. The standard InChI is InChI=1S/C7H4NS.CH4.3ClH.V/c1-2-4-7-6(3-1)8-5-9-7;;;;;/h1-4H;1H4;3*1H;/q;;;;;+3/p-3. The van der Waals surface area contributed by atoms with Crippen LogP contribution in [0.4, 0.5) is 0 Å². The van der Waals surface area contributed by atoms with Crippen LogP contribution in [0.25, 0.3) is 10.2 Å². The van der Waals surface area contributed by atoms with Gasteiger partial charge in [-0.25, -0.2) is 0 Å². The van der Waals surface area contributed by atoms with E-state index in [9.17, 15) is 0 Å². The van der Waals surface area contributed by atoms with Crippen molar-refractivity contribution in [2.24, 2.45) is 0 Å². The van der Waals surface area contributed by atoms with Gasteiger partial charge in [0.05, 0.1) is 0 Å². The quantitative estimate of drug-likeness (QED) is 0.472. The Hall–Kier alpha value is 0.564. The summed E-state index contributed by atoms with van der Waals surface area (Å²) in [5, 5.41) is 0. The van der Waals surface area contributed by atoms with Crippen molar-refractivity contribution in [1.29, 1.82) is 0 Å². The first-order valence-electron chi connectivity index (χ1n) is 2.91. The molecule has 0 aliphatic carbocycles. The summed E-state index contributed by atoms with van der Waals surface area (Å²) in [5.74, 6) is 0. The van der Waals surface area contributed by atoms with Gasteiger partial charge in [-0.1, -0.05) is 7.43 Å². The number of para-hydroxylation sites is 1. The molecule has 1 nitrogen and oxygen atoms in total. The van der Waals surface area contributed by atoms with Gasteiger partial charge in [-0.15, -0.1) is 0 Å². The van der Waals surface area contributed by atoms with Crippen LogP contribution >= 0.6 is 11.3 Å². The Morgan fingerprint density at radius 2 is 1.64 bits per heavy atom. The fraction of sp³-hybridized carbons (Fsp3) is 0.125. The van der Waals surface area contributed by atoms with E-state index in [1.54, 1.807) is 11.3 Å². The molecular formula is C8H8Cl3NSV. The molecule has 14 heavy (non-hydrogen) atoms. The third kappa shape index (κ3) is 4.39. The van der Waals surface area contributed by atoms with Gasteiger partial charge in [0.2, 0.25) is 0 Å². The van der Waals surface area contributed by atoms with Crippen LogP contribution in [-0.4, -0.2) is 4.98 Å². The molecule has 1 heterocycles. The maximum atomic E-state index is 4.30. The van der Waals surface area contributed by atoms with Gasteiger partial charge in [0.15, 0.2) is 0 Å². The van der Waals surface area contributed by atoms with Gasteiger partial charge in [-0.2, -0.15) is 0 Å². The predicted octanol–water partition coefficient (Wildman–Crippen LogP) is -6.88. The first-order chi connectivity index (χ1) is 4.86.